The molecule has 1 rings (SSSR count). The smallest absolute Gasteiger partial charge is 0.325 e. The van der Waals surface area contributed by atoms with Crippen LogP contribution < -0.4 is 5.32 Å². The molecule has 0 radical (unpaired) electrons. The molecule has 1 atom stereocenters. The van der Waals surface area contributed by atoms with Gasteiger partial charge in [0.1, 0.15) is 6.04 Å². The molecule has 1 aromatic rings. The third-order valence-corrected chi connectivity index (χ3v) is 1.79. The Hall–Kier alpha value is -1.92. The second-order valence-electron chi connectivity index (χ2n) is 3.04. The van der Waals surface area contributed by atoms with Crippen LogP contribution in [0.3, 0.4) is 0 Å². The molecule has 1 aromatic heterocycles. The molecule has 0 saturated heterocycles. The molecule has 2 N–H and O–H groups in total. The summed E-state index contributed by atoms with van der Waals surface area (Å²) >= 11 is 0. The van der Waals surface area contributed by atoms with Crippen molar-refractivity contribution >= 4 is 11.9 Å². The van der Waals surface area contributed by atoms with Gasteiger partial charge in [-0.15, -0.1) is 5.10 Å². The first-order chi connectivity index (χ1) is 7.09. The molecule has 0 aliphatic heterocycles. The van der Waals surface area contributed by atoms with Crippen molar-refractivity contribution in [3.63, 3.8) is 0 Å². The van der Waals surface area contributed by atoms with Crippen LogP contribution in [0.15, 0.2) is 12.4 Å². The Labute approximate surface area is 86.1 Å². The molecule has 0 saturated carbocycles. The van der Waals surface area contributed by atoms with Gasteiger partial charge in [-0.3, -0.25) is 14.3 Å². The highest BCUT2D eigenvalue weighted by molar-refractivity contribution is 5.83. The van der Waals surface area contributed by atoms with Crippen LogP contribution in [0.25, 0.3) is 0 Å². The van der Waals surface area contributed by atoms with E-state index in [9.17, 15) is 9.59 Å². The molecule has 0 spiro atoms. The molecule has 15 heavy (non-hydrogen) atoms. The average Bonchev–Trinajstić information content (AvgIpc) is 2.66. The van der Waals surface area contributed by atoms with Gasteiger partial charge in [-0.25, -0.2) is 0 Å². The van der Waals surface area contributed by atoms with E-state index in [2.05, 4.69) is 15.6 Å². The quantitative estimate of drug-likeness (QED) is 0.669. The summed E-state index contributed by atoms with van der Waals surface area (Å²) in [6.45, 7) is 1.80. The van der Waals surface area contributed by atoms with Gasteiger partial charge < -0.3 is 10.4 Å². The fourth-order valence-electron chi connectivity index (χ4n) is 0.943. The molecule has 1 amide bonds. The molecule has 0 bridgehead atoms. The van der Waals surface area contributed by atoms with Crippen LogP contribution in [0.2, 0.25) is 0 Å². The first-order valence-corrected chi connectivity index (χ1v) is 4.46. The fraction of sp³-hybridized carbons (Fsp3) is 0.500. The number of hydrogen-bond donors (Lipinski definition) is 2. The molecule has 0 aliphatic rings. The van der Waals surface area contributed by atoms with Gasteiger partial charge in [0.05, 0.1) is 12.7 Å². The molecular weight excluding hydrogens is 200 g/mol. The number of amides is 1. The van der Waals surface area contributed by atoms with Gasteiger partial charge in [-0.1, -0.05) is 5.21 Å². The summed E-state index contributed by atoms with van der Waals surface area (Å²) in [5.41, 5.74) is 0. The summed E-state index contributed by atoms with van der Waals surface area (Å²) < 4.78 is 1.50. The lowest BCUT2D eigenvalue weighted by Crippen LogP contribution is -2.38. The lowest BCUT2D eigenvalue weighted by Gasteiger charge is -2.08. The Morgan fingerprint density at radius 1 is 1.60 bits per heavy atom. The van der Waals surface area contributed by atoms with Gasteiger partial charge >= 0.3 is 5.97 Å². The zero-order chi connectivity index (χ0) is 11.3. The summed E-state index contributed by atoms with van der Waals surface area (Å²) in [5, 5.41) is 18.1. The number of nitrogens with zero attached hydrogens (tertiary/aromatic N) is 3. The predicted octanol–water partition coefficient (Wildman–Crippen LogP) is -0.743. The van der Waals surface area contributed by atoms with Crippen LogP contribution in [-0.2, 0) is 16.1 Å². The Morgan fingerprint density at radius 3 is 2.87 bits per heavy atom. The molecule has 0 fully saturated rings. The van der Waals surface area contributed by atoms with E-state index in [1.54, 1.807) is 6.20 Å². The summed E-state index contributed by atoms with van der Waals surface area (Å²) in [4.78, 5) is 21.6. The minimum Gasteiger partial charge on any atom is -0.480 e. The van der Waals surface area contributed by atoms with Gasteiger partial charge in [0.25, 0.3) is 0 Å². The lowest BCUT2D eigenvalue weighted by molar-refractivity contribution is -0.141. The van der Waals surface area contributed by atoms with Gasteiger partial charge in [0, 0.05) is 12.6 Å². The Morgan fingerprint density at radius 2 is 2.33 bits per heavy atom. The minimum atomic E-state index is -1.05. The number of aliphatic carboxylic acids is 1. The van der Waals surface area contributed by atoms with E-state index in [4.69, 9.17) is 5.11 Å². The minimum absolute atomic E-state index is 0.182. The monoisotopic (exact) mass is 212 g/mol. The summed E-state index contributed by atoms with van der Waals surface area (Å²) in [5.74, 6) is -1.37. The first-order valence-electron chi connectivity index (χ1n) is 4.46. The molecule has 1 heterocycles. The number of carboxylic acids is 1. The van der Waals surface area contributed by atoms with Crippen molar-refractivity contribution in [1.82, 2.24) is 20.3 Å². The lowest BCUT2D eigenvalue weighted by atomic mass is 10.3. The van der Waals surface area contributed by atoms with Crippen LogP contribution in [0.1, 0.15) is 13.3 Å². The van der Waals surface area contributed by atoms with Gasteiger partial charge in [-0.2, -0.15) is 0 Å². The van der Waals surface area contributed by atoms with Crippen molar-refractivity contribution < 1.29 is 14.7 Å². The first kappa shape index (κ1) is 11.2. The number of rotatable bonds is 5. The van der Waals surface area contributed by atoms with E-state index in [0.29, 0.717) is 6.54 Å². The second-order valence-corrected chi connectivity index (χ2v) is 3.04. The Bertz CT molecular complexity index is 336. The standard InChI is InChI=1S/C8H12N4O3/c1-6(8(14)15)10-7(13)2-4-12-5-3-9-11-12/h3,5-6H,2,4H2,1H3,(H,10,13)(H,14,15). The third kappa shape index (κ3) is 3.75. The van der Waals surface area contributed by atoms with Crippen molar-refractivity contribution in [3.05, 3.63) is 12.4 Å². The second kappa shape index (κ2) is 5.08. The van der Waals surface area contributed by atoms with E-state index < -0.39 is 12.0 Å². The van der Waals surface area contributed by atoms with E-state index in [1.807, 2.05) is 0 Å². The summed E-state index contributed by atoms with van der Waals surface area (Å²) in [7, 11) is 0. The molecule has 0 aromatic carbocycles. The van der Waals surface area contributed by atoms with Crippen molar-refractivity contribution in [1.29, 1.82) is 0 Å². The largest absolute Gasteiger partial charge is 0.480 e. The topological polar surface area (TPSA) is 97.1 Å². The number of hydrogen-bond acceptors (Lipinski definition) is 4. The van der Waals surface area contributed by atoms with Crippen molar-refractivity contribution in [2.45, 2.75) is 25.9 Å². The van der Waals surface area contributed by atoms with Crippen molar-refractivity contribution in [2.24, 2.45) is 0 Å². The van der Waals surface area contributed by atoms with Gasteiger partial charge in [0.15, 0.2) is 0 Å². The zero-order valence-corrected chi connectivity index (χ0v) is 8.25. The number of aryl methyl sites for hydroxylation is 1. The predicted molar refractivity (Wildman–Crippen MR) is 49.9 cm³/mol. The molecular formula is C8H12N4O3. The number of aromatic nitrogens is 3. The molecule has 0 aliphatic carbocycles. The van der Waals surface area contributed by atoms with Crippen molar-refractivity contribution in [3.8, 4) is 0 Å². The zero-order valence-electron chi connectivity index (χ0n) is 8.25. The van der Waals surface area contributed by atoms with E-state index in [1.165, 1.54) is 17.8 Å². The highest BCUT2D eigenvalue weighted by Gasteiger charge is 2.13. The average molecular weight is 212 g/mol. The third-order valence-electron chi connectivity index (χ3n) is 1.79. The van der Waals surface area contributed by atoms with E-state index >= 15 is 0 Å². The SMILES string of the molecule is CC(NC(=O)CCn1ccnn1)C(=O)O. The number of carbonyl (C=O) groups is 2. The van der Waals surface area contributed by atoms with E-state index in [0.717, 1.165) is 0 Å². The molecule has 7 nitrogen and oxygen atoms in total. The maximum atomic E-state index is 11.2. The van der Waals surface area contributed by atoms with Gasteiger partial charge in [0.2, 0.25) is 5.91 Å². The molecule has 1 unspecified atom stereocenters. The fourth-order valence-corrected chi connectivity index (χ4v) is 0.943. The Balaban J connectivity index is 2.28. The van der Waals surface area contributed by atoms with Crippen LogP contribution in [0.4, 0.5) is 0 Å². The Kier molecular flexibility index (Phi) is 3.78. The summed E-state index contributed by atoms with van der Waals surface area (Å²) in [6, 6.07) is -0.867. The number of nitrogens with one attached hydrogen (secondary N) is 1. The van der Waals surface area contributed by atoms with Crippen LogP contribution >= 0.6 is 0 Å². The molecule has 7 heteroatoms. The van der Waals surface area contributed by atoms with E-state index in [-0.39, 0.29) is 12.3 Å². The number of carboxylic acid groups (broad SMARTS) is 1. The summed E-state index contributed by atoms with van der Waals surface area (Å²) in [6.07, 6.45) is 3.33. The molecule has 82 valence electrons. The maximum Gasteiger partial charge on any atom is 0.325 e. The number of carbonyl (C=O) groups excluding carboxylic acids is 1. The van der Waals surface area contributed by atoms with Crippen LogP contribution in [0, 0.1) is 0 Å². The van der Waals surface area contributed by atoms with Gasteiger partial charge in [-0.05, 0) is 6.92 Å². The normalized spacial score (nSPS) is 12.1. The maximum absolute atomic E-state index is 11.2. The highest BCUT2D eigenvalue weighted by atomic mass is 16.4. The van der Waals surface area contributed by atoms with Crippen LogP contribution in [0.5, 0.6) is 0 Å². The van der Waals surface area contributed by atoms with Crippen LogP contribution in [-0.4, -0.2) is 38.0 Å². The highest BCUT2D eigenvalue weighted by Crippen LogP contribution is 1.89. The van der Waals surface area contributed by atoms with Crippen molar-refractivity contribution in [2.75, 3.05) is 0 Å².